The van der Waals surface area contributed by atoms with E-state index in [1.165, 1.54) is 35.5 Å². The Labute approximate surface area is 167 Å². The van der Waals surface area contributed by atoms with Crippen molar-refractivity contribution in [2.24, 2.45) is 0 Å². The summed E-state index contributed by atoms with van der Waals surface area (Å²) in [5.41, 5.74) is -0.168. The van der Waals surface area contributed by atoms with Crippen LogP contribution in [-0.4, -0.2) is 51.0 Å². The molecule has 1 aliphatic rings. The second-order valence-electron chi connectivity index (χ2n) is 6.36. The van der Waals surface area contributed by atoms with Gasteiger partial charge in [-0.05, 0) is 43.3 Å². The van der Waals surface area contributed by atoms with Crippen molar-refractivity contribution in [3.63, 3.8) is 0 Å². The lowest BCUT2D eigenvalue weighted by molar-refractivity contribution is -0.122. The molecule has 1 N–H and O–H groups in total. The lowest BCUT2D eigenvalue weighted by Gasteiger charge is -2.26. The molecule has 0 aromatic heterocycles. The first-order valence-electron chi connectivity index (χ1n) is 8.88. The summed E-state index contributed by atoms with van der Waals surface area (Å²) in [4.78, 5) is 12.3. The SMILES string of the molecule is CC(Oc1ccc(S(=O)(=O)N2CCOCC2)cc1)C(=O)Nc1ccc(F)cc1F. The Morgan fingerprint density at radius 3 is 2.41 bits per heavy atom. The highest BCUT2D eigenvalue weighted by atomic mass is 32.2. The smallest absolute Gasteiger partial charge is 0.265 e. The van der Waals surface area contributed by atoms with Crippen LogP contribution in [0.15, 0.2) is 47.4 Å². The first-order valence-corrected chi connectivity index (χ1v) is 10.3. The second-order valence-corrected chi connectivity index (χ2v) is 8.30. The van der Waals surface area contributed by atoms with Gasteiger partial charge >= 0.3 is 0 Å². The molecule has 0 bridgehead atoms. The third-order valence-corrected chi connectivity index (χ3v) is 6.22. The fraction of sp³-hybridized carbons (Fsp3) is 0.316. The van der Waals surface area contributed by atoms with E-state index >= 15 is 0 Å². The molecule has 1 atom stereocenters. The Hall–Kier alpha value is -2.56. The van der Waals surface area contributed by atoms with Crippen LogP contribution >= 0.6 is 0 Å². The maximum absolute atomic E-state index is 13.6. The van der Waals surface area contributed by atoms with Crippen molar-refractivity contribution in [3.8, 4) is 5.75 Å². The van der Waals surface area contributed by atoms with Crippen molar-refractivity contribution in [2.45, 2.75) is 17.9 Å². The minimum absolute atomic E-state index is 0.109. The number of hydrogen-bond acceptors (Lipinski definition) is 5. The molecule has 0 saturated carbocycles. The Kier molecular flexibility index (Phi) is 6.46. The van der Waals surface area contributed by atoms with E-state index in [0.717, 1.165) is 12.1 Å². The molecule has 1 unspecified atom stereocenters. The summed E-state index contributed by atoms with van der Waals surface area (Å²) in [6, 6.07) is 8.47. The van der Waals surface area contributed by atoms with E-state index in [1.54, 1.807) is 0 Å². The average Bonchev–Trinajstić information content (AvgIpc) is 2.71. The van der Waals surface area contributed by atoms with Crippen LogP contribution < -0.4 is 10.1 Å². The Balaban J connectivity index is 1.63. The highest BCUT2D eigenvalue weighted by Gasteiger charge is 2.26. The van der Waals surface area contributed by atoms with Crippen LogP contribution in [0.5, 0.6) is 5.75 Å². The van der Waals surface area contributed by atoms with E-state index < -0.39 is 33.7 Å². The van der Waals surface area contributed by atoms with Gasteiger partial charge in [-0.15, -0.1) is 0 Å². The number of nitrogens with zero attached hydrogens (tertiary/aromatic N) is 1. The maximum atomic E-state index is 13.6. The Morgan fingerprint density at radius 1 is 1.14 bits per heavy atom. The molecule has 7 nitrogen and oxygen atoms in total. The van der Waals surface area contributed by atoms with E-state index in [-0.39, 0.29) is 29.4 Å². The maximum Gasteiger partial charge on any atom is 0.265 e. The molecule has 1 heterocycles. The summed E-state index contributed by atoms with van der Waals surface area (Å²) in [6.07, 6.45) is -0.999. The van der Waals surface area contributed by atoms with E-state index in [0.29, 0.717) is 19.3 Å². The number of hydrogen-bond donors (Lipinski definition) is 1. The van der Waals surface area contributed by atoms with Gasteiger partial charge in [0.05, 0.1) is 23.8 Å². The van der Waals surface area contributed by atoms with Crippen LogP contribution in [0.2, 0.25) is 0 Å². The van der Waals surface area contributed by atoms with Crippen LogP contribution in [0.1, 0.15) is 6.92 Å². The molecule has 1 aliphatic heterocycles. The molecule has 0 radical (unpaired) electrons. The zero-order chi connectivity index (χ0) is 21.0. The van der Waals surface area contributed by atoms with Crippen LogP contribution in [-0.2, 0) is 19.6 Å². The molecule has 10 heteroatoms. The van der Waals surface area contributed by atoms with Gasteiger partial charge in [0.25, 0.3) is 5.91 Å². The van der Waals surface area contributed by atoms with Crippen molar-refractivity contribution < 1.29 is 31.5 Å². The molecule has 2 aromatic rings. The number of carbonyl (C=O) groups excluding carboxylic acids is 1. The third kappa shape index (κ3) is 5.08. The van der Waals surface area contributed by atoms with Crippen molar-refractivity contribution in [1.29, 1.82) is 0 Å². The van der Waals surface area contributed by atoms with Crippen LogP contribution in [0.4, 0.5) is 14.5 Å². The van der Waals surface area contributed by atoms with Gasteiger partial charge in [0.1, 0.15) is 17.4 Å². The number of morpholine rings is 1. The molecule has 156 valence electrons. The number of halogens is 2. The number of sulfonamides is 1. The standard InChI is InChI=1S/C19H20F2N2O5S/c1-13(19(24)22-18-7-2-14(20)12-17(18)21)28-15-3-5-16(6-4-15)29(25,26)23-8-10-27-11-9-23/h2-7,12-13H,8-11H2,1H3,(H,22,24). The van der Waals surface area contributed by atoms with E-state index in [1.807, 2.05) is 0 Å². The lowest BCUT2D eigenvalue weighted by atomic mass is 10.2. The molecule has 0 spiro atoms. The highest BCUT2D eigenvalue weighted by molar-refractivity contribution is 7.89. The first kappa shape index (κ1) is 21.2. The highest BCUT2D eigenvalue weighted by Crippen LogP contribution is 2.22. The number of anilines is 1. The largest absolute Gasteiger partial charge is 0.481 e. The lowest BCUT2D eigenvalue weighted by Crippen LogP contribution is -2.40. The summed E-state index contributed by atoms with van der Waals surface area (Å²) in [5, 5.41) is 2.32. The molecule has 29 heavy (non-hydrogen) atoms. The van der Waals surface area contributed by atoms with E-state index in [2.05, 4.69) is 5.32 Å². The topological polar surface area (TPSA) is 84.9 Å². The number of amides is 1. The number of rotatable bonds is 6. The Bertz CT molecular complexity index is 977. The number of nitrogens with one attached hydrogen (secondary N) is 1. The molecule has 0 aliphatic carbocycles. The van der Waals surface area contributed by atoms with Crippen molar-refractivity contribution in [3.05, 3.63) is 54.1 Å². The van der Waals surface area contributed by atoms with Gasteiger partial charge in [0.15, 0.2) is 6.10 Å². The molecular weight excluding hydrogens is 406 g/mol. The molecule has 2 aromatic carbocycles. The zero-order valence-corrected chi connectivity index (χ0v) is 16.4. The molecule has 1 fully saturated rings. The van der Waals surface area contributed by atoms with Crippen LogP contribution in [0.3, 0.4) is 0 Å². The minimum atomic E-state index is -3.63. The van der Waals surface area contributed by atoms with Crippen molar-refractivity contribution >= 4 is 21.6 Å². The van der Waals surface area contributed by atoms with Crippen LogP contribution in [0.25, 0.3) is 0 Å². The quantitative estimate of drug-likeness (QED) is 0.767. The van der Waals surface area contributed by atoms with Gasteiger partial charge in [-0.1, -0.05) is 0 Å². The summed E-state index contributed by atoms with van der Waals surface area (Å²) in [6.45, 7) is 2.73. The molecule has 3 rings (SSSR count). The fourth-order valence-electron chi connectivity index (χ4n) is 2.71. The predicted molar refractivity (Wildman–Crippen MR) is 101 cm³/mol. The zero-order valence-electron chi connectivity index (χ0n) is 15.6. The molecular formula is C19H20F2N2O5S. The van der Waals surface area contributed by atoms with Gasteiger partial charge in [0.2, 0.25) is 10.0 Å². The van der Waals surface area contributed by atoms with Gasteiger partial charge in [-0.2, -0.15) is 4.31 Å². The number of carbonyl (C=O) groups is 1. The number of benzene rings is 2. The minimum Gasteiger partial charge on any atom is -0.481 e. The van der Waals surface area contributed by atoms with Gasteiger partial charge in [-0.3, -0.25) is 4.79 Å². The Morgan fingerprint density at radius 2 is 1.79 bits per heavy atom. The van der Waals surface area contributed by atoms with Crippen molar-refractivity contribution in [1.82, 2.24) is 4.31 Å². The van der Waals surface area contributed by atoms with Gasteiger partial charge in [-0.25, -0.2) is 17.2 Å². The third-order valence-electron chi connectivity index (χ3n) is 4.30. The van der Waals surface area contributed by atoms with Crippen LogP contribution in [0, 0.1) is 11.6 Å². The summed E-state index contributed by atoms with van der Waals surface area (Å²) in [5.74, 6) is -2.02. The first-order chi connectivity index (χ1) is 13.8. The molecule has 1 saturated heterocycles. The monoisotopic (exact) mass is 426 g/mol. The van der Waals surface area contributed by atoms with E-state index in [4.69, 9.17) is 9.47 Å². The fourth-order valence-corrected chi connectivity index (χ4v) is 4.12. The van der Waals surface area contributed by atoms with E-state index in [9.17, 15) is 22.0 Å². The van der Waals surface area contributed by atoms with Gasteiger partial charge in [0, 0.05) is 19.2 Å². The number of ether oxygens (including phenoxy) is 2. The summed E-state index contributed by atoms with van der Waals surface area (Å²) >= 11 is 0. The summed E-state index contributed by atoms with van der Waals surface area (Å²) in [7, 11) is -3.63. The van der Waals surface area contributed by atoms with Gasteiger partial charge < -0.3 is 14.8 Å². The normalized spacial score (nSPS) is 16.2. The average molecular weight is 426 g/mol. The molecule has 1 amide bonds. The summed E-state index contributed by atoms with van der Waals surface area (Å²) < 4.78 is 63.8. The second kappa shape index (κ2) is 8.85. The van der Waals surface area contributed by atoms with Crippen molar-refractivity contribution in [2.75, 3.05) is 31.6 Å². The predicted octanol–water partition coefficient (Wildman–Crippen LogP) is 2.39.